The number of Topliss-reactive ketones (excluding diaryl/α,β-unsaturated/α-hetero) is 1. The van der Waals surface area contributed by atoms with E-state index in [0.717, 1.165) is 23.5 Å². The molecule has 11 heteroatoms. The number of amides is 2. The minimum atomic E-state index is -5.43. The smallest absolute Gasteiger partial charge is 0.326 e. The maximum absolute atomic E-state index is 15.0. The van der Waals surface area contributed by atoms with Crippen LogP contribution in [0.3, 0.4) is 0 Å². The standard InChI is InChI=1S/C27H30F6N2O3/c1-14-7-5-10-18(15(14)2)35-19-12-24(3,4)13-20(36)21(19)25(23(35)38,27(31,32)33)34-22(37)16-8-6-9-17(11-16)26(28,29)30/h6,8-9,11,14-15,18H,5,7,10,12-13H2,1-4H3,(H,34,37)/t14-,15+,18-,25+/m0/s1. The summed E-state index contributed by atoms with van der Waals surface area (Å²) in [5, 5.41) is 1.73. The number of allylic oxidation sites excluding steroid dienone is 1. The molecule has 0 unspecified atom stereocenters. The van der Waals surface area contributed by atoms with Crippen molar-refractivity contribution in [1.29, 1.82) is 0 Å². The van der Waals surface area contributed by atoms with E-state index in [4.69, 9.17) is 0 Å². The molecule has 2 aliphatic carbocycles. The molecule has 1 saturated carbocycles. The summed E-state index contributed by atoms with van der Waals surface area (Å²) in [6, 6.07) is 2.30. The number of hydrogen-bond donors (Lipinski definition) is 1. The summed E-state index contributed by atoms with van der Waals surface area (Å²) in [6.07, 6.45) is -8.60. The van der Waals surface area contributed by atoms with Gasteiger partial charge < -0.3 is 10.2 Å². The minimum absolute atomic E-state index is 0.00860. The SMILES string of the molecule is C[C@@H]1[C@@H](C)CCC[C@@H]1N1C(=O)[C@@](NC(=O)c2cccc(C(F)(F)F)c2)(C(F)(F)F)C2=C1CC(C)(C)CC2=O. The van der Waals surface area contributed by atoms with Gasteiger partial charge in [0.05, 0.1) is 11.1 Å². The fourth-order valence-electron chi connectivity index (χ4n) is 6.13. The molecule has 0 radical (unpaired) electrons. The number of carbonyl (C=O) groups is 3. The van der Waals surface area contributed by atoms with Crippen molar-refractivity contribution in [2.45, 2.75) is 83.7 Å². The van der Waals surface area contributed by atoms with Crippen molar-refractivity contribution in [3.8, 4) is 0 Å². The van der Waals surface area contributed by atoms with Gasteiger partial charge in [-0.15, -0.1) is 0 Å². The molecule has 1 fully saturated rings. The van der Waals surface area contributed by atoms with E-state index in [1.165, 1.54) is 0 Å². The Bertz CT molecular complexity index is 1200. The van der Waals surface area contributed by atoms with E-state index < -0.39 is 63.6 Å². The first kappa shape index (κ1) is 28.2. The number of hydrogen-bond acceptors (Lipinski definition) is 3. The molecule has 4 rings (SSSR count). The summed E-state index contributed by atoms with van der Waals surface area (Å²) in [6.45, 7) is 7.25. The number of ketones is 1. The fourth-order valence-corrected chi connectivity index (χ4v) is 6.13. The van der Waals surface area contributed by atoms with E-state index in [1.54, 1.807) is 19.2 Å². The van der Waals surface area contributed by atoms with Crippen LogP contribution in [0.2, 0.25) is 0 Å². The van der Waals surface area contributed by atoms with Gasteiger partial charge in [-0.25, -0.2) is 0 Å². The maximum Gasteiger partial charge on any atom is 0.425 e. The monoisotopic (exact) mass is 544 g/mol. The van der Waals surface area contributed by atoms with Gasteiger partial charge in [-0.3, -0.25) is 14.4 Å². The van der Waals surface area contributed by atoms with Gasteiger partial charge in [0.1, 0.15) is 0 Å². The van der Waals surface area contributed by atoms with E-state index in [1.807, 2.05) is 13.8 Å². The lowest BCUT2D eigenvalue weighted by molar-refractivity contribution is -0.192. The lowest BCUT2D eigenvalue weighted by Crippen LogP contribution is -2.67. The third-order valence-corrected chi connectivity index (χ3v) is 8.23. The van der Waals surface area contributed by atoms with E-state index in [2.05, 4.69) is 0 Å². The summed E-state index contributed by atoms with van der Waals surface area (Å²) >= 11 is 0. The number of nitrogens with zero attached hydrogens (tertiary/aromatic N) is 1. The van der Waals surface area contributed by atoms with Gasteiger partial charge in [0, 0.05) is 23.7 Å². The number of carbonyl (C=O) groups excluding carboxylic acids is 3. The number of halogens is 6. The lowest BCUT2D eigenvalue weighted by Gasteiger charge is -2.43. The summed E-state index contributed by atoms with van der Waals surface area (Å²) in [5.41, 5.74) is -7.23. The molecule has 0 saturated heterocycles. The molecular weight excluding hydrogens is 514 g/mol. The molecule has 1 aliphatic heterocycles. The molecule has 0 spiro atoms. The topological polar surface area (TPSA) is 66.5 Å². The molecule has 1 N–H and O–H groups in total. The Morgan fingerprint density at radius 3 is 2.29 bits per heavy atom. The molecule has 0 aromatic heterocycles. The largest absolute Gasteiger partial charge is 0.425 e. The van der Waals surface area contributed by atoms with E-state index in [9.17, 15) is 27.6 Å². The predicted octanol–water partition coefficient (Wildman–Crippen LogP) is 6.05. The molecule has 2 amide bonds. The van der Waals surface area contributed by atoms with E-state index >= 15 is 13.2 Å². The highest BCUT2D eigenvalue weighted by molar-refractivity contribution is 6.14. The Labute approximate surface area is 216 Å². The van der Waals surface area contributed by atoms with Crippen LogP contribution in [0.4, 0.5) is 26.3 Å². The molecule has 4 atom stereocenters. The van der Waals surface area contributed by atoms with Crippen LogP contribution in [0.5, 0.6) is 0 Å². The molecule has 38 heavy (non-hydrogen) atoms. The van der Waals surface area contributed by atoms with Crippen molar-refractivity contribution in [3.05, 3.63) is 46.7 Å². The average molecular weight is 545 g/mol. The van der Waals surface area contributed by atoms with Crippen molar-refractivity contribution in [2.24, 2.45) is 17.3 Å². The first-order valence-corrected chi connectivity index (χ1v) is 12.6. The Morgan fingerprint density at radius 2 is 1.68 bits per heavy atom. The van der Waals surface area contributed by atoms with Crippen LogP contribution in [0.1, 0.15) is 75.7 Å². The molecule has 0 bridgehead atoms. The van der Waals surface area contributed by atoms with Crippen LogP contribution in [-0.4, -0.2) is 40.3 Å². The molecule has 3 aliphatic rings. The fraction of sp³-hybridized carbons (Fsp3) is 0.593. The Kier molecular flexibility index (Phi) is 6.76. The van der Waals surface area contributed by atoms with Gasteiger partial charge in [-0.2, -0.15) is 26.3 Å². The van der Waals surface area contributed by atoms with Gasteiger partial charge in [-0.1, -0.05) is 46.6 Å². The van der Waals surface area contributed by atoms with Crippen molar-refractivity contribution in [2.75, 3.05) is 0 Å². The van der Waals surface area contributed by atoms with Crippen molar-refractivity contribution in [3.63, 3.8) is 0 Å². The van der Waals surface area contributed by atoms with Crippen LogP contribution in [-0.2, 0) is 15.8 Å². The van der Waals surface area contributed by atoms with Crippen LogP contribution in [0, 0.1) is 17.3 Å². The highest BCUT2D eigenvalue weighted by atomic mass is 19.4. The molecule has 1 aromatic carbocycles. The first-order valence-electron chi connectivity index (χ1n) is 12.6. The van der Waals surface area contributed by atoms with Gasteiger partial charge in [0.15, 0.2) is 5.78 Å². The summed E-state index contributed by atoms with van der Waals surface area (Å²) in [4.78, 5) is 41.5. The van der Waals surface area contributed by atoms with Crippen molar-refractivity contribution >= 4 is 17.6 Å². The minimum Gasteiger partial charge on any atom is -0.326 e. The number of alkyl halides is 6. The summed E-state index contributed by atoms with van der Waals surface area (Å²) in [7, 11) is 0. The number of nitrogens with one attached hydrogen (secondary N) is 1. The number of rotatable bonds is 3. The lowest BCUT2D eigenvalue weighted by atomic mass is 9.72. The highest BCUT2D eigenvalue weighted by Crippen LogP contribution is 2.54. The Hall–Kier alpha value is -2.85. The molecular formula is C27H30F6N2O3. The summed E-state index contributed by atoms with van der Waals surface area (Å²) in [5.74, 6) is -3.99. The molecule has 1 aromatic rings. The normalized spacial score (nSPS) is 29.9. The second-order valence-corrected chi connectivity index (χ2v) is 11.6. The first-order chi connectivity index (χ1) is 17.4. The van der Waals surface area contributed by atoms with Gasteiger partial charge >= 0.3 is 12.4 Å². The second kappa shape index (κ2) is 9.12. The number of benzene rings is 1. The zero-order valence-electron chi connectivity index (χ0n) is 21.5. The third kappa shape index (κ3) is 4.51. The zero-order valence-corrected chi connectivity index (χ0v) is 21.5. The van der Waals surface area contributed by atoms with Crippen molar-refractivity contribution < 1.29 is 40.7 Å². The van der Waals surface area contributed by atoms with Crippen LogP contribution in [0.25, 0.3) is 0 Å². The maximum atomic E-state index is 15.0. The third-order valence-electron chi connectivity index (χ3n) is 8.23. The predicted molar refractivity (Wildman–Crippen MR) is 126 cm³/mol. The zero-order chi connectivity index (χ0) is 28.4. The van der Waals surface area contributed by atoms with Crippen LogP contribution in [0.15, 0.2) is 35.5 Å². The van der Waals surface area contributed by atoms with Gasteiger partial charge in [0.25, 0.3) is 11.8 Å². The van der Waals surface area contributed by atoms with E-state index in [-0.39, 0.29) is 30.4 Å². The van der Waals surface area contributed by atoms with Crippen LogP contribution < -0.4 is 5.32 Å². The summed E-state index contributed by atoms with van der Waals surface area (Å²) < 4.78 is 84.7. The van der Waals surface area contributed by atoms with Crippen LogP contribution >= 0.6 is 0 Å². The van der Waals surface area contributed by atoms with Gasteiger partial charge in [-0.05, 0) is 48.3 Å². The molecule has 1 heterocycles. The molecule has 5 nitrogen and oxygen atoms in total. The average Bonchev–Trinajstić information content (AvgIpc) is 3.02. The Balaban J connectivity index is 1.88. The highest BCUT2D eigenvalue weighted by Gasteiger charge is 2.72. The quantitative estimate of drug-likeness (QED) is 0.472. The second-order valence-electron chi connectivity index (χ2n) is 11.6. The van der Waals surface area contributed by atoms with E-state index in [0.29, 0.717) is 25.0 Å². The molecule has 208 valence electrons. The Morgan fingerprint density at radius 1 is 1.03 bits per heavy atom. The van der Waals surface area contributed by atoms with Gasteiger partial charge in [0.2, 0.25) is 5.54 Å². The van der Waals surface area contributed by atoms with Crippen molar-refractivity contribution in [1.82, 2.24) is 10.2 Å².